The fourth-order valence-electron chi connectivity index (χ4n) is 1.42. The minimum atomic E-state index is -1.00. The third kappa shape index (κ3) is 3.26. The van der Waals surface area contributed by atoms with Gasteiger partial charge in [0, 0.05) is 17.2 Å². The van der Waals surface area contributed by atoms with Gasteiger partial charge in [0.15, 0.2) is 0 Å². The van der Waals surface area contributed by atoms with E-state index in [-0.39, 0.29) is 5.56 Å². The monoisotopic (exact) mass is 278 g/mol. The Labute approximate surface area is 112 Å². The molecule has 0 aliphatic heterocycles. The summed E-state index contributed by atoms with van der Waals surface area (Å²) in [6.45, 7) is 1.72. The third-order valence-corrected chi connectivity index (χ3v) is 2.90. The lowest BCUT2D eigenvalue weighted by molar-refractivity contribution is 0.0697. The van der Waals surface area contributed by atoms with Gasteiger partial charge in [-0.15, -0.1) is 5.10 Å². The molecule has 0 spiro atoms. The summed E-state index contributed by atoms with van der Waals surface area (Å²) < 4.78 is 3.61. The summed E-state index contributed by atoms with van der Waals surface area (Å²) in [7, 11) is 0. The number of anilines is 2. The molecule has 98 valence electrons. The van der Waals surface area contributed by atoms with Crippen molar-refractivity contribution in [2.75, 3.05) is 10.6 Å². The zero-order valence-electron chi connectivity index (χ0n) is 9.88. The van der Waals surface area contributed by atoms with Crippen LogP contribution in [0.4, 0.5) is 15.5 Å². The number of aromatic nitrogens is 2. The number of nitrogens with zero attached hydrogens (tertiary/aromatic N) is 2. The van der Waals surface area contributed by atoms with E-state index < -0.39 is 12.0 Å². The van der Waals surface area contributed by atoms with Gasteiger partial charge < -0.3 is 10.4 Å². The van der Waals surface area contributed by atoms with E-state index >= 15 is 0 Å². The number of nitrogens with one attached hydrogen (secondary N) is 2. The molecular weight excluding hydrogens is 268 g/mol. The van der Waals surface area contributed by atoms with Gasteiger partial charge in [0.2, 0.25) is 0 Å². The number of aromatic carboxylic acids is 1. The molecule has 0 saturated carbocycles. The van der Waals surface area contributed by atoms with E-state index in [1.165, 1.54) is 18.3 Å². The van der Waals surface area contributed by atoms with Crippen LogP contribution in [0.2, 0.25) is 0 Å². The molecule has 0 saturated heterocycles. The first-order chi connectivity index (χ1) is 9.06. The molecule has 8 heteroatoms. The molecule has 1 aromatic carbocycles. The van der Waals surface area contributed by atoms with Crippen molar-refractivity contribution in [2.24, 2.45) is 0 Å². The van der Waals surface area contributed by atoms with Crippen molar-refractivity contribution >= 4 is 34.2 Å². The van der Waals surface area contributed by atoms with Crippen LogP contribution in [-0.4, -0.2) is 26.7 Å². The number of aryl methyl sites for hydroxylation is 1. The maximum Gasteiger partial charge on any atom is 0.335 e. The highest BCUT2D eigenvalue weighted by Crippen LogP contribution is 2.17. The van der Waals surface area contributed by atoms with Gasteiger partial charge in [0.05, 0.1) is 11.8 Å². The van der Waals surface area contributed by atoms with Gasteiger partial charge in [-0.25, -0.2) is 9.59 Å². The van der Waals surface area contributed by atoms with Crippen LogP contribution in [0.1, 0.15) is 15.9 Å². The first-order valence-electron chi connectivity index (χ1n) is 5.25. The standard InChI is InChI=1S/C11H10N4O3S/c1-6-4-7(10(16)17)2-3-8(6)13-11(18)14-9-5-12-15-19-9/h2-5H,1H3,(H,16,17)(H2,13,14,18). The van der Waals surface area contributed by atoms with Crippen LogP contribution in [0.5, 0.6) is 0 Å². The van der Waals surface area contributed by atoms with Crippen molar-refractivity contribution in [3.8, 4) is 0 Å². The fraction of sp³-hybridized carbons (Fsp3) is 0.0909. The summed E-state index contributed by atoms with van der Waals surface area (Å²) in [4.78, 5) is 22.4. The van der Waals surface area contributed by atoms with Crippen molar-refractivity contribution < 1.29 is 14.7 Å². The maximum atomic E-state index is 11.7. The average Bonchev–Trinajstić information content (AvgIpc) is 2.84. The minimum Gasteiger partial charge on any atom is -0.478 e. The average molecular weight is 278 g/mol. The highest BCUT2D eigenvalue weighted by molar-refractivity contribution is 7.10. The van der Waals surface area contributed by atoms with E-state index in [0.29, 0.717) is 16.3 Å². The minimum absolute atomic E-state index is 0.176. The lowest BCUT2D eigenvalue weighted by Crippen LogP contribution is -2.19. The summed E-state index contributed by atoms with van der Waals surface area (Å²) in [5, 5.41) is 18.1. The number of carboxylic acids is 1. The number of carboxylic acid groups (broad SMARTS) is 1. The summed E-state index contributed by atoms with van der Waals surface area (Å²) in [5.41, 5.74) is 1.38. The van der Waals surface area contributed by atoms with Gasteiger partial charge in [0.1, 0.15) is 5.00 Å². The van der Waals surface area contributed by atoms with Gasteiger partial charge in [-0.2, -0.15) is 0 Å². The van der Waals surface area contributed by atoms with Crippen molar-refractivity contribution in [3.05, 3.63) is 35.5 Å². The van der Waals surface area contributed by atoms with Crippen LogP contribution in [0.25, 0.3) is 0 Å². The number of benzene rings is 1. The van der Waals surface area contributed by atoms with Crippen molar-refractivity contribution in [1.82, 2.24) is 9.59 Å². The Kier molecular flexibility index (Phi) is 3.71. The second-order valence-electron chi connectivity index (χ2n) is 3.70. The number of hydrogen-bond donors (Lipinski definition) is 3. The van der Waals surface area contributed by atoms with Crippen LogP contribution in [-0.2, 0) is 0 Å². The highest BCUT2D eigenvalue weighted by Gasteiger charge is 2.09. The largest absolute Gasteiger partial charge is 0.478 e. The smallest absolute Gasteiger partial charge is 0.335 e. The number of hydrogen-bond acceptors (Lipinski definition) is 5. The molecule has 19 heavy (non-hydrogen) atoms. The molecule has 1 heterocycles. The normalized spacial score (nSPS) is 9.95. The van der Waals surface area contributed by atoms with Crippen molar-refractivity contribution in [3.63, 3.8) is 0 Å². The molecule has 0 unspecified atom stereocenters. The first kappa shape index (κ1) is 13.0. The predicted octanol–water partition coefficient (Wildman–Crippen LogP) is 2.19. The highest BCUT2D eigenvalue weighted by atomic mass is 32.1. The number of rotatable bonds is 3. The van der Waals surface area contributed by atoms with Crippen molar-refractivity contribution in [1.29, 1.82) is 0 Å². The summed E-state index contributed by atoms with van der Waals surface area (Å²) >= 11 is 1.06. The lowest BCUT2D eigenvalue weighted by Gasteiger charge is -2.09. The molecule has 2 rings (SSSR count). The lowest BCUT2D eigenvalue weighted by atomic mass is 10.1. The van der Waals surface area contributed by atoms with Gasteiger partial charge in [-0.1, -0.05) is 4.49 Å². The summed E-state index contributed by atoms with van der Waals surface area (Å²) in [6, 6.07) is 4.03. The quantitative estimate of drug-likeness (QED) is 0.798. The Hall–Kier alpha value is -2.48. The van der Waals surface area contributed by atoms with Crippen LogP contribution in [0, 0.1) is 6.92 Å². The van der Waals surface area contributed by atoms with E-state index in [4.69, 9.17) is 5.11 Å². The molecule has 0 aliphatic carbocycles. The third-order valence-electron chi connectivity index (χ3n) is 2.32. The predicted molar refractivity (Wildman–Crippen MR) is 70.7 cm³/mol. The van der Waals surface area contributed by atoms with Crippen molar-refractivity contribution in [2.45, 2.75) is 6.92 Å². The molecule has 0 atom stereocenters. The molecular formula is C11H10N4O3S. The van der Waals surface area contributed by atoms with Crippen LogP contribution in [0.3, 0.4) is 0 Å². The zero-order valence-corrected chi connectivity index (χ0v) is 10.7. The fourth-order valence-corrected chi connectivity index (χ4v) is 1.84. The molecule has 2 amide bonds. The van der Waals surface area contributed by atoms with E-state index in [0.717, 1.165) is 11.5 Å². The second-order valence-corrected chi connectivity index (χ2v) is 4.48. The van der Waals surface area contributed by atoms with E-state index in [9.17, 15) is 9.59 Å². The number of urea groups is 1. The summed E-state index contributed by atoms with van der Waals surface area (Å²) in [5.74, 6) is -1.00. The van der Waals surface area contributed by atoms with Gasteiger partial charge in [-0.05, 0) is 30.7 Å². The maximum absolute atomic E-state index is 11.7. The molecule has 0 fully saturated rings. The zero-order chi connectivity index (χ0) is 13.8. The van der Waals surface area contributed by atoms with Gasteiger partial charge in [-0.3, -0.25) is 5.32 Å². The summed E-state index contributed by atoms with van der Waals surface area (Å²) in [6.07, 6.45) is 1.44. The van der Waals surface area contributed by atoms with E-state index in [2.05, 4.69) is 20.2 Å². The Morgan fingerprint density at radius 1 is 1.32 bits per heavy atom. The van der Waals surface area contributed by atoms with Gasteiger partial charge >= 0.3 is 12.0 Å². The van der Waals surface area contributed by atoms with E-state index in [1.54, 1.807) is 13.0 Å². The number of amides is 2. The molecule has 3 N–H and O–H groups in total. The first-order valence-corrected chi connectivity index (χ1v) is 6.03. The molecule has 1 aromatic heterocycles. The Morgan fingerprint density at radius 3 is 2.68 bits per heavy atom. The molecule has 7 nitrogen and oxygen atoms in total. The SMILES string of the molecule is Cc1cc(C(=O)O)ccc1NC(=O)Nc1cnns1. The second kappa shape index (κ2) is 5.44. The Bertz CT molecular complexity index is 612. The molecule has 2 aromatic rings. The van der Waals surface area contributed by atoms with Crippen LogP contribution < -0.4 is 10.6 Å². The van der Waals surface area contributed by atoms with Crippen LogP contribution >= 0.6 is 11.5 Å². The van der Waals surface area contributed by atoms with E-state index in [1.807, 2.05) is 0 Å². The Balaban J connectivity index is 2.07. The van der Waals surface area contributed by atoms with Gasteiger partial charge in [0.25, 0.3) is 0 Å². The van der Waals surface area contributed by atoms with Crippen LogP contribution in [0.15, 0.2) is 24.4 Å². The molecule has 0 aliphatic rings. The number of carbonyl (C=O) groups is 2. The Morgan fingerprint density at radius 2 is 2.11 bits per heavy atom. The molecule has 0 radical (unpaired) electrons. The number of carbonyl (C=O) groups excluding carboxylic acids is 1. The topological polar surface area (TPSA) is 104 Å². The molecule has 0 bridgehead atoms.